The topological polar surface area (TPSA) is 41.1 Å². The molecule has 172 valence electrons. The van der Waals surface area contributed by atoms with Crippen LogP contribution in [-0.2, 0) is 6.54 Å². The molecule has 2 N–H and O–H groups in total. The number of nitrogens with one attached hydrogen (secondary N) is 2. The van der Waals surface area contributed by atoms with Gasteiger partial charge in [-0.1, -0.05) is 45.4 Å². The first-order chi connectivity index (χ1) is 14.6. The Morgan fingerprint density at radius 1 is 1.16 bits per heavy atom. The maximum Gasteiger partial charge on any atom is 0.265 e. The Labute approximate surface area is 192 Å². The quantitative estimate of drug-likeness (QED) is 0.233. The normalized spacial score (nSPS) is 15.2. The zero-order chi connectivity index (χ0) is 23.2. The van der Waals surface area contributed by atoms with Crippen molar-refractivity contribution in [2.24, 2.45) is 5.92 Å². The van der Waals surface area contributed by atoms with Gasteiger partial charge < -0.3 is 10.6 Å². The van der Waals surface area contributed by atoms with Gasteiger partial charge in [-0.3, -0.25) is 4.79 Å². The van der Waals surface area contributed by atoms with Crippen molar-refractivity contribution in [1.82, 2.24) is 5.32 Å². The van der Waals surface area contributed by atoms with Gasteiger partial charge in [-0.15, -0.1) is 11.7 Å². The zero-order valence-corrected chi connectivity index (χ0v) is 20.7. The first-order valence-corrected chi connectivity index (χ1v) is 13.3. The molecule has 3 atom stereocenters. The van der Waals surface area contributed by atoms with Crippen LogP contribution in [0.5, 0.6) is 0 Å². The third kappa shape index (κ3) is 7.14. The molecule has 7 heteroatoms. The van der Waals surface area contributed by atoms with Crippen molar-refractivity contribution >= 4 is 33.2 Å². The summed E-state index contributed by atoms with van der Waals surface area (Å²) in [6, 6.07) is 12.3. The van der Waals surface area contributed by atoms with E-state index in [-0.39, 0.29) is 11.8 Å². The van der Waals surface area contributed by atoms with Crippen LogP contribution in [0, 0.1) is 12.8 Å². The molecule has 3 unspecified atom stereocenters. The van der Waals surface area contributed by atoms with E-state index in [1.165, 1.54) is 4.90 Å². The molecule has 0 fully saturated rings. The number of halogens is 2. The molecule has 2 rings (SSSR count). The predicted octanol–water partition coefficient (Wildman–Crippen LogP) is 6.63. The van der Waals surface area contributed by atoms with Crippen LogP contribution in [0.4, 0.5) is 14.5 Å². The van der Waals surface area contributed by atoms with Gasteiger partial charge in [0.05, 0.1) is 6.04 Å². The highest BCUT2D eigenvalue weighted by Gasteiger charge is 2.37. The lowest BCUT2D eigenvalue weighted by molar-refractivity contribution is -0.0147. The van der Waals surface area contributed by atoms with E-state index >= 15 is 0 Å². The van der Waals surface area contributed by atoms with Gasteiger partial charge in [-0.25, -0.2) is 8.78 Å². The number of anilines is 1. The Balaban J connectivity index is 2.10. The maximum atomic E-state index is 14.2. The third-order valence-corrected chi connectivity index (χ3v) is 8.59. The monoisotopic (exact) mass is 468 g/mol. The summed E-state index contributed by atoms with van der Waals surface area (Å²) in [5.41, 5.74) is 2.82. The van der Waals surface area contributed by atoms with E-state index in [0.29, 0.717) is 24.2 Å². The maximum absolute atomic E-state index is 14.2. The molecule has 0 radical (unpaired) electrons. The average Bonchev–Trinajstić information content (AvgIpc) is 2.75. The minimum absolute atomic E-state index is 0.217. The standard InChI is InChI=1S/C24H34F2N2OS2/c1-6-16(3)22(24(5,25)26)28-21-14-19(11-8-17(21)4)23(29)27-15-18-9-12-20(13-10-18)31(30)7-2/h8-14,16,22,28,30-31H,6-7,15H2,1-5H3,(H,27,29). The molecule has 3 nitrogen and oxygen atoms in total. The van der Waals surface area contributed by atoms with Crippen molar-refractivity contribution in [3.63, 3.8) is 0 Å². The minimum Gasteiger partial charge on any atom is -0.376 e. The van der Waals surface area contributed by atoms with Gasteiger partial charge in [0.2, 0.25) is 0 Å². The van der Waals surface area contributed by atoms with E-state index in [1.54, 1.807) is 18.2 Å². The Morgan fingerprint density at radius 2 is 1.81 bits per heavy atom. The summed E-state index contributed by atoms with van der Waals surface area (Å²) in [5.74, 6) is -2.32. The molecule has 2 aromatic rings. The third-order valence-electron chi connectivity index (χ3n) is 5.56. The summed E-state index contributed by atoms with van der Waals surface area (Å²) in [5, 5.41) is 5.91. The van der Waals surface area contributed by atoms with Gasteiger partial charge in [0.15, 0.2) is 0 Å². The largest absolute Gasteiger partial charge is 0.376 e. The van der Waals surface area contributed by atoms with E-state index in [2.05, 4.69) is 41.4 Å². The van der Waals surface area contributed by atoms with Gasteiger partial charge in [0.25, 0.3) is 11.8 Å². The molecule has 0 heterocycles. The van der Waals surface area contributed by atoms with Crippen molar-refractivity contribution in [1.29, 1.82) is 0 Å². The highest BCUT2D eigenvalue weighted by atomic mass is 33.1. The number of rotatable bonds is 10. The fourth-order valence-corrected chi connectivity index (χ4v) is 4.60. The fraction of sp³-hybridized carbons (Fsp3) is 0.458. The number of hydrogen-bond acceptors (Lipinski definition) is 3. The lowest BCUT2D eigenvalue weighted by atomic mass is 9.93. The van der Waals surface area contributed by atoms with Crippen LogP contribution >= 0.6 is 21.6 Å². The van der Waals surface area contributed by atoms with Crippen LogP contribution in [-0.4, -0.2) is 23.6 Å². The van der Waals surface area contributed by atoms with Crippen LogP contribution in [0.15, 0.2) is 47.4 Å². The summed E-state index contributed by atoms with van der Waals surface area (Å²) in [6.45, 7) is 9.00. The minimum atomic E-state index is -2.88. The van der Waals surface area contributed by atoms with Gasteiger partial charge in [0, 0.05) is 24.7 Å². The summed E-state index contributed by atoms with van der Waals surface area (Å²) < 4.78 is 28.3. The Kier molecular flexibility index (Phi) is 9.25. The van der Waals surface area contributed by atoms with E-state index in [1.807, 2.05) is 32.9 Å². The lowest BCUT2D eigenvalue weighted by Crippen LogP contribution is -2.42. The van der Waals surface area contributed by atoms with Crippen molar-refractivity contribution < 1.29 is 13.6 Å². The van der Waals surface area contributed by atoms with Crippen LogP contribution in [0.2, 0.25) is 0 Å². The molecular formula is C24H34F2N2OS2. The zero-order valence-electron chi connectivity index (χ0n) is 18.9. The first-order valence-electron chi connectivity index (χ1n) is 10.6. The number of thiol groups is 2. The molecule has 0 aliphatic carbocycles. The van der Waals surface area contributed by atoms with E-state index in [0.717, 1.165) is 23.8 Å². The molecule has 0 spiro atoms. The summed E-state index contributed by atoms with van der Waals surface area (Å²) in [7, 11) is -0.426. The van der Waals surface area contributed by atoms with Crippen molar-refractivity contribution in [3.8, 4) is 0 Å². The molecule has 0 saturated heterocycles. The smallest absolute Gasteiger partial charge is 0.265 e. The Hall–Kier alpha value is -1.73. The number of benzene rings is 2. The molecule has 0 saturated carbocycles. The molecule has 0 aliphatic rings. The first kappa shape index (κ1) is 25.5. The Bertz CT molecular complexity index is 869. The molecular weight excluding hydrogens is 434 g/mol. The average molecular weight is 469 g/mol. The summed E-state index contributed by atoms with van der Waals surface area (Å²) >= 11 is 4.61. The predicted molar refractivity (Wildman–Crippen MR) is 133 cm³/mol. The highest BCUT2D eigenvalue weighted by Crippen LogP contribution is 2.39. The van der Waals surface area contributed by atoms with Crippen molar-refractivity contribution in [2.45, 2.75) is 64.4 Å². The highest BCUT2D eigenvalue weighted by molar-refractivity contribution is 8.78. The molecule has 0 aliphatic heterocycles. The Morgan fingerprint density at radius 3 is 2.35 bits per heavy atom. The van der Waals surface area contributed by atoms with Gasteiger partial charge in [-0.05, 0) is 58.9 Å². The second-order valence-corrected chi connectivity index (χ2v) is 11.5. The molecule has 2 aromatic carbocycles. The van der Waals surface area contributed by atoms with Gasteiger partial charge in [0.1, 0.15) is 0 Å². The number of amides is 1. The van der Waals surface area contributed by atoms with Crippen LogP contribution in [0.1, 0.15) is 55.6 Å². The number of alkyl halides is 2. The van der Waals surface area contributed by atoms with Crippen LogP contribution in [0.3, 0.4) is 0 Å². The lowest BCUT2D eigenvalue weighted by Gasteiger charge is -2.31. The van der Waals surface area contributed by atoms with E-state index in [9.17, 15) is 13.6 Å². The van der Waals surface area contributed by atoms with Crippen LogP contribution in [0.25, 0.3) is 0 Å². The van der Waals surface area contributed by atoms with Gasteiger partial charge >= 0.3 is 0 Å². The number of aryl methyl sites for hydroxylation is 1. The van der Waals surface area contributed by atoms with E-state index in [4.69, 9.17) is 0 Å². The van der Waals surface area contributed by atoms with E-state index < -0.39 is 21.9 Å². The van der Waals surface area contributed by atoms with Crippen LogP contribution < -0.4 is 10.6 Å². The number of carbonyl (C=O) groups is 1. The second kappa shape index (κ2) is 11.2. The SMILES string of the molecule is CCC(C)C(Nc1cc(C(=O)NCc2ccc([SH](S)CC)cc2)ccc1C)C(C)(F)F. The number of hydrogen-bond donors (Lipinski definition) is 4. The van der Waals surface area contributed by atoms with Gasteiger partial charge in [-0.2, -0.15) is 9.93 Å². The van der Waals surface area contributed by atoms with Crippen molar-refractivity contribution in [3.05, 3.63) is 59.2 Å². The molecule has 0 aromatic heterocycles. The second-order valence-electron chi connectivity index (χ2n) is 8.06. The molecule has 1 amide bonds. The van der Waals surface area contributed by atoms with Crippen molar-refractivity contribution in [2.75, 3.05) is 11.1 Å². The molecule has 0 bridgehead atoms. The summed E-state index contributed by atoms with van der Waals surface area (Å²) in [4.78, 5) is 13.9. The summed E-state index contributed by atoms with van der Waals surface area (Å²) in [6.07, 6.45) is 0.631. The fourth-order valence-electron chi connectivity index (χ4n) is 3.34. The molecule has 31 heavy (non-hydrogen) atoms. The number of carbonyl (C=O) groups excluding carboxylic acids is 1.